The van der Waals surface area contributed by atoms with Crippen LogP contribution in [0.3, 0.4) is 0 Å². The summed E-state index contributed by atoms with van der Waals surface area (Å²) < 4.78 is 0. The molecule has 0 fully saturated rings. The highest BCUT2D eigenvalue weighted by molar-refractivity contribution is 5.89. The number of anilines is 2. The van der Waals surface area contributed by atoms with Gasteiger partial charge in [-0.05, 0) is 31.0 Å². The van der Waals surface area contributed by atoms with E-state index in [2.05, 4.69) is 46.8 Å². The van der Waals surface area contributed by atoms with Crippen LogP contribution in [0.25, 0.3) is 0 Å². The summed E-state index contributed by atoms with van der Waals surface area (Å²) in [5.41, 5.74) is 3.42. The highest BCUT2D eigenvalue weighted by atomic mass is 16.1. The lowest BCUT2D eigenvalue weighted by Crippen LogP contribution is -2.11. The fraction of sp³-hybridized carbons (Fsp3) is 0.294. The van der Waals surface area contributed by atoms with Crippen molar-refractivity contribution in [3.8, 4) is 0 Å². The Labute approximate surface area is 125 Å². The smallest absolute Gasteiger partial charge is 0.225 e. The molecule has 4 nitrogen and oxygen atoms in total. The fourth-order valence-corrected chi connectivity index (χ4v) is 2.03. The van der Waals surface area contributed by atoms with Crippen LogP contribution in [0, 0.1) is 6.92 Å². The maximum atomic E-state index is 11.5. The molecule has 0 aliphatic carbocycles. The zero-order valence-electron chi connectivity index (χ0n) is 12.5. The first-order valence-corrected chi connectivity index (χ1v) is 7.22. The van der Waals surface area contributed by atoms with Gasteiger partial charge >= 0.3 is 0 Å². The van der Waals surface area contributed by atoms with E-state index in [4.69, 9.17) is 0 Å². The van der Waals surface area contributed by atoms with Crippen molar-refractivity contribution in [2.45, 2.75) is 33.2 Å². The molecule has 0 aliphatic heterocycles. The second-order valence-corrected chi connectivity index (χ2v) is 5.07. The molecule has 1 aromatic carbocycles. The summed E-state index contributed by atoms with van der Waals surface area (Å²) in [6.07, 6.45) is 3.09. The third-order valence-electron chi connectivity index (χ3n) is 3.09. The van der Waals surface area contributed by atoms with Gasteiger partial charge in [-0.15, -0.1) is 0 Å². The molecule has 110 valence electrons. The van der Waals surface area contributed by atoms with Crippen LogP contribution in [0.5, 0.6) is 0 Å². The van der Waals surface area contributed by atoms with Gasteiger partial charge in [0.1, 0.15) is 5.82 Å². The number of rotatable bonds is 6. The molecule has 4 heteroatoms. The minimum absolute atomic E-state index is 0.00506. The Hall–Kier alpha value is -2.36. The molecule has 1 heterocycles. The lowest BCUT2D eigenvalue weighted by molar-refractivity contribution is -0.116. The minimum atomic E-state index is 0.00506. The van der Waals surface area contributed by atoms with Crippen molar-refractivity contribution in [2.24, 2.45) is 0 Å². The lowest BCUT2D eigenvalue weighted by atomic mass is 10.1. The number of aromatic nitrogens is 1. The zero-order valence-corrected chi connectivity index (χ0v) is 12.5. The van der Waals surface area contributed by atoms with E-state index >= 15 is 0 Å². The number of hydrogen-bond acceptors (Lipinski definition) is 3. The normalized spacial score (nSPS) is 10.2. The first kappa shape index (κ1) is 15.0. The number of aryl methyl sites for hydroxylation is 1. The van der Waals surface area contributed by atoms with E-state index in [1.165, 1.54) is 11.1 Å². The summed E-state index contributed by atoms with van der Waals surface area (Å²) in [5.74, 6) is 0.597. The molecule has 0 saturated heterocycles. The second kappa shape index (κ2) is 7.43. The lowest BCUT2D eigenvalue weighted by Gasteiger charge is -2.08. The number of carbonyl (C=O) groups excluding carboxylic acids is 1. The van der Waals surface area contributed by atoms with Gasteiger partial charge in [0.05, 0.1) is 11.9 Å². The Kier molecular flexibility index (Phi) is 5.32. The Morgan fingerprint density at radius 1 is 1.24 bits per heavy atom. The molecule has 21 heavy (non-hydrogen) atoms. The van der Waals surface area contributed by atoms with Gasteiger partial charge < -0.3 is 10.6 Å². The summed E-state index contributed by atoms with van der Waals surface area (Å²) in [5, 5.41) is 6.09. The zero-order chi connectivity index (χ0) is 15.1. The number of hydrogen-bond donors (Lipinski definition) is 2. The van der Waals surface area contributed by atoms with Crippen LogP contribution in [-0.4, -0.2) is 10.9 Å². The van der Waals surface area contributed by atoms with Crippen molar-refractivity contribution in [1.29, 1.82) is 0 Å². The van der Waals surface area contributed by atoms with Crippen LogP contribution in [-0.2, 0) is 11.3 Å². The molecular formula is C17H21N3O. The van der Waals surface area contributed by atoms with Crippen molar-refractivity contribution in [3.05, 3.63) is 53.7 Å². The summed E-state index contributed by atoms with van der Waals surface area (Å²) in [6.45, 7) is 4.81. The SMILES string of the molecule is CCCC(=O)Nc1ccc(NCc2cccc(C)c2)cn1. The third-order valence-corrected chi connectivity index (χ3v) is 3.09. The molecule has 0 saturated carbocycles. The highest BCUT2D eigenvalue weighted by Crippen LogP contribution is 2.12. The fourth-order valence-electron chi connectivity index (χ4n) is 2.03. The molecule has 2 rings (SSSR count). The summed E-state index contributed by atoms with van der Waals surface area (Å²) in [7, 11) is 0. The predicted octanol–water partition coefficient (Wildman–Crippen LogP) is 3.74. The van der Waals surface area contributed by atoms with Gasteiger partial charge in [0, 0.05) is 13.0 Å². The van der Waals surface area contributed by atoms with Crippen LogP contribution >= 0.6 is 0 Å². The number of pyridine rings is 1. The van der Waals surface area contributed by atoms with E-state index < -0.39 is 0 Å². The van der Waals surface area contributed by atoms with E-state index in [1.54, 1.807) is 6.20 Å². The average Bonchev–Trinajstić information content (AvgIpc) is 2.47. The predicted molar refractivity (Wildman–Crippen MR) is 86.3 cm³/mol. The van der Waals surface area contributed by atoms with Crippen LogP contribution in [0.15, 0.2) is 42.6 Å². The molecule has 2 N–H and O–H groups in total. The summed E-state index contributed by atoms with van der Waals surface area (Å²) in [6, 6.07) is 12.1. The minimum Gasteiger partial charge on any atom is -0.380 e. The standard InChI is InChI=1S/C17H21N3O/c1-3-5-17(21)20-16-9-8-15(12-19-16)18-11-14-7-4-6-13(2)10-14/h4,6-10,12,18H,3,5,11H2,1-2H3,(H,19,20,21). The van der Waals surface area contributed by atoms with Gasteiger partial charge in [-0.1, -0.05) is 36.8 Å². The van der Waals surface area contributed by atoms with Crippen LogP contribution in [0.2, 0.25) is 0 Å². The molecule has 2 aromatic rings. The van der Waals surface area contributed by atoms with Gasteiger partial charge in [0.25, 0.3) is 0 Å². The Bertz CT molecular complexity index is 593. The number of nitrogens with zero attached hydrogens (tertiary/aromatic N) is 1. The van der Waals surface area contributed by atoms with E-state index in [0.717, 1.165) is 18.7 Å². The molecule has 0 atom stereocenters. The third kappa shape index (κ3) is 4.91. The highest BCUT2D eigenvalue weighted by Gasteiger charge is 2.02. The first-order valence-electron chi connectivity index (χ1n) is 7.22. The van der Waals surface area contributed by atoms with Crippen molar-refractivity contribution < 1.29 is 4.79 Å². The van der Waals surface area contributed by atoms with Gasteiger partial charge in [-0.25, -0.2) is 4.98 Å². The summed E-state index contributed by atoms with van der Waals surface area (Å²) in [4.78, 5) is 15.7. The Morgan fingerprint density at radius 2 is 2.10 bits per heavy atom. The van der Waals surface area contributed by atoms with Gasteiger partial charge in [-0.2, -0.15) is 0 Å². The van der Waals surface area contributed by atoms with Crippen LogP contribution in [0.4, 0.5) is 11.5 Å². The van der Waals surface area contributed by atoms with Gasteiger partial charge in [-0.3, -0.25) is 4.79 Å². The van der Waals surface area contributed by atoms with E-state index in [1.807, 2.05) is 19.1 Å². The van der Waals surface area contributed by atoms with Crippen LogP contribution in [0.1, 0.15) is 30.9 Å². The van der Waals surface area contributed by atoms with Crippen LogP contribution < -0.4 is 10.6 Å². The topological polar surface area (TPSA) is 54.0 Å². The molecule has 0 unspecified atom stereocenters. The number of nitrogens with one attached hydrogen (secondary N) is 2. The Balaban J connectivity index is 1.89. The molecule has 1 amide bonds. The van der Waals surface area contributed by atoms with E-state index in [0.29, 0.717) is 12.2 Å². The van der Waals surface area contributed by atoms with Gasteiger partial charge in [0.2, 0.25) is 5.91 Å². The monoisotopic (exact) mass is 283 g/mol. The van der Waals surface area contributed by atoms with Gasteiger partial charge in [0.15, 0.2) is 0 Å². The first-order chi connectivity index (χ1) is 10.2. The largest absolute Gasteiger partial charge is 0.380 e. The molecule has 0 radical (unpaired) electrons. The molecular weight excluding hydrogens is 262 g/mol. The Morgan fingerprint density at radius 3 is 2.76 bits per heavy atom. The van der Waals surface area contributed by atoms with Crippen molar-refractivity contribution in [2.75, 3.05) is 10.6 Å². The maximum absolute atomic E-state index is 11.5. The average molecular weight is 283 g/mol. The van der Waals surface area contributed by atoms with Crippen molar-refractivity contribution in [3.63, 3.8) is 0 Å². The van der Waals surface area contributed by atoms with E-state index in [9.17, 15) is 4.79 Å². The van der Waals surface area contributed by atoms with Crippen molar-refractivity contribution >= 4 is 17.4 Å². The van der Waals surface area contributed by atoms with E-state index in [-0.39, 0.29) is 5.91 Å². The molecule has 0 bridgehead atoms. The summed E-state index contributed by atoms with van der Waals surface area (Å²) >= 11 is 0. The quantitative estimate of drug-likeness (QED) is 0.849. The number of benzene rings is 1. The maximum Gasteiger partial charge on any atom is 0.225 e. The van der Waals surface area contributed by atoms with Crippen molar-refractivity contribution in [1.82, 2.24) is 4.98 Å². The molecule has 0 aliphatic rings. The molecule has 0 spiro atoms. The second-order valence-electron chi connectivity index (χ2n) is 5.07. The number of amides is 1. The molecule has 1 aromatic heterocycles. The number of carbonyl (C=O) groups is 1.